The van der Waals surface area contributed by atoms with Crippen LogP contribution in [0, 0.1) is 13.8 Å². The van der Waals surface area contributed by atoms with Crippen LogP contribution in [0.25, 0.3) is 11.4 Å². The van der Waals surface area contributed by atoms with Crippen LogP contribution in [-0.2, 0) is 0 Å². The third-order valence-electron chi connectivity index (χ3n) is 3.70. The van der Waals surface area contributed by atoms with Gasteiger partial charge in [-0.1, -0.05) is 17.7 Å². The number of nitrogens with zero attached hydrogens (tertiary/aromatic N) is 3. The molecule has 3 nitrogen and oxygen atoms in total. The Hall–Kier alpha value is -1.61. The Morgan fingerprint density at radius 1 is 1.10 bits per heavy atom. The molecule has 1 fully saturated rings. The lowest BCUT2D eigenvalue weighted by molar-refractivity contribution is 0.938. The van der Waals surface area contributed by atoms with Gasteiger partial charge in [0.1, 0.15) is 11.5 Å². The van der Waals surface area contributed by atoms with E-state index in [2.05, 4.69) is 22.9 Å². The third-order valence-corrected chi connectivity index (χ3v) is 4.01. The Labute approximate surface area is 124 Å². The molecule has 1 saturated heterocycles. The van der Waals surface area contributed by atoms with E-state index in [1.807, 2.05) is 25.3 Å². The summed E-state index contributed by atoms with van der Waals surface area (Å²) in [6.07, 6.45) is 4.34. The molecule has 1 aliphatic rings. The second kappa shape index (κ2) is 5.41. The van der Waals surface area contributed by atoms with E-state index in [9.17, 15) is 0 Å². The van der Waals surface area contributed by atoms with E-state index >= 15 is 0 Å². The van der Waals surface area contributed by atoms with E-state index in [1.165, 1.54) is 12.8 Å². The van der Waals surface area contributed by atoms with Crippen LogP contribution in [0.3, 0.4) is 0 Å². The standard InChI is InChI=1S/C16H18ClN3/c1-11-9-12(2)15(18-10-11)16-13(17)5-6-14(19-16)20-7-3-4-8-20/h5-6,9-10H,3-4,7-8H2,1-2H3. The maximum Gasteiger partial charge on any atom is 0.129 e. The number of anilines is 1. The predicted molar refractivity (Wildman–Crippen MR) is 83.4 cm³/mol. The fourth-order valence-electron chi connectivity index (χ4n) is 2.68. The summed E-state index contributed by atoms with van der Waals surface area (Å²) in [7, 11) is 0. The highest BCUT2D eigenvalue weighted by Gasteiger charge is 2.17. The summed E-state index contributed by atoms with van der Waals surface area (Å²) in [6, 6.07) is 6.04. The maximum absolute atomic E-state index is 6.33. The van der Waals surface area contributed by atoms with E-state index in [0.717, 1.165) is 41.4 Å². The molecule has 0 bridgehead atoms. The number of halogens is 1. The lowest BCUT2D eigenvalue weighted by Crippen LogP contribution is -2.19. The lowest BCUT2D eigenvalue weighted by atomic mass is 10.1. The maximum atomic E-state index is 6.33. The van der Waals surface area contributed by atoms with E-state index in [4.69, 9.17) is 16.6 Å². The number of hydrogen-bond donors (Lipinski definition) is 0. The van der Waals surface area contributed by atoms with Gasteiger partial charge in [0.05, 0.1) is 10.7 Å². The molecule has 2 aromatic heterocycles. The van der Waals surface area contributed by atoms with E-state index < -0.39 is 0 Å². The summed E-state index contributed by atoms with van der Waals surface area (Å²) < 4.78 is 0. The average Bonchev–Trinajstić information content (AvgIpc) is 2.94. The molecule has 0 spiro atoms. The van der Waals surface area contributed by atoms with Crippen molar-refractivity contribution in [2.24, 2.45) is 0 Å². The summed E-state index contributed by atoms with van der Waals surface area (Å²) >= 11 is 6.33. The zero-order chi connectivity index (χ0) is 14.1. The molecule has 0 aromatic carbocycles. The first kappa shape index (κ1) is 13.4. The summed E-state index contributed by atoms with van der Waals surface area (Å²) in [5, 5.41) is 0.660. The first-order valence-electron chi connectivity index (χ1n) is 7.00. The summed E-state index contributed by atoms with van der Waals surface area (Å²) in [4.78, 5) is 11.6. The van der Waals surface area contributed by atoms with E-state index in [1.54, 1.807) is 0 Å². The topological polar surface area (TPSA) is 29.0 Å². The van der Waals surface area contributed by atoms with Crippen LogP contribution in [0.1, 0.15) is 24.0 Å². The zero-order valence-corrected chi connectivity index (χ0v) is 12.6. The first-order chi connectivity index (χ1) is 9.65. The van der Waals surface area contributed by atoms with Gasteiger partial charge in [-0.05, 0) is 49.9 Å². The number of pyridine rings is 2. The Morgan fingerprint density at radius 3 is 2.55 bits per heavy atom. The third kappa shape index (κ3) is 2.50. The van der Waals surface area contributed by atoms with Crippen molar-refractivity contribution < 1.29 is 0 Å². The molecular weight excluding hydrogens is 270 g/mol. The molecule has 0 unspecified atom stereocenters. The molecule has 3 heterocycles. The minimum absolute atomic E-state index is 0.660. The predicted octanol–water partition coefficient (Wildman–Crippen LogP) is 4.01. The van der Waals surface area contributed by atoms with Crippen molar-refractivity contribution in [3.05, 3.63) is 40.5 Å². The molecule has 2 aromatic rings. The van der Waals surface area contributed by atoms with Gasteiger partial charge in [-0.15, -0.1) is 0 Å². The molecule has 1 aliphatic heterocycles. The SMILES string of the molecule is Cc1cnc(-c2nc(N3CCCC3)ccc2Cl)c(C)c1. The van der Waals surface area contributed by atoms with Gasteiger partial charge in [0.2, 0.25) is 0 Å². The second-order valence-electron chi connectivity index (χ2n) is 5.37. The Balaban J connectivity index is 2.05. The number of aromatic nitrogens is 2. The van der Waals surface area contributed by atoms with Gasteiger partial charge >= 0.3 is 0 Å². The minimum atomic E-state index is 0.660. The molecule has 0 saturated carbocycles. The molecule has 0 aliphatic carbocycles. The fraction of sp³-hybridized carbons (Fsp3) is 0.375. The molecule has 0 atom stereocenters. The van der Waals surface area contributed by atoms with Gasteiger partial charge in [-0.2, -0.15) is 0 Å². The first-order valence-corrected chi connectivity index (χ1v) is 7.38. The van der Waals surface area contributed by atoms with Crippen LogP contribution in [0.15, 0.2) is 24.4 Å². The van der Waals surface area contributed by atoms with Crippen LogP contribution in [0.5, 0.6) is 0 Å². The highest BCUT2D eigenvalue weighted by atomic mass is 35.5. The summed E-state index contributed by atoms with van der Waals surface area (Å²) in [5.74, 6) is 1.00. The number of rotatable bonds is 2. The van der Waals surface area contributed by atoms with Crippen LogP contribution in [0.2, 0.25) is 5.02 Å². The minimum Gasteiger partial charge on any atom is -0.357 e. The van der Waals surface area contributed by atoms with Gasteiger partial charge in [-0.3, -0.25) is 4.98 Å². The highest BCUT2D eigenvalue weighted by molar-refractivity contribution is 6.33. The quantitative estimate of drug-likeness (QED) is 0.835. The van der Waals surface area contributed by atoms with Crippen molar-refractivity contribution in [3.63, 3.8) is 0 Å². The van der Waals surface area contributed by atoms with Gasteiger partial charge in [-0.25, -0.2) is 4.98 Å². The normalized spacial score (nSPS) is 14.8. The number of hydrogen-bond acceptors (Lipinski definition) is 3. The average molecular weight is 288 g/mol. The van der Waals surface area contributed by atoms with Crippen molar-refractivity contribution >= 4 is 17.4 Å². The van der Waals surface area contributed by atoms with Crippen molar-refractivity contribution in [2.75, 3.05) is 18.0 Å². The van der Waals surface area contributed by atoms with E-state index in [-0.39, 0.29) is 0 Å². The molecule has 20 heavy (non-hydrogen) atoms. The molecule has 104 valence electrons. The highest BCUT2D eigenvalue weighted by Crippen LogP contribution is 2.30. The van der Waals surface area contributed by atoms with Crippen LogP contribution in [-0.4, -0.2) is 23.1 Å². The van der Waals surface area contributed by atoms with Crippen LogP contribution < -0.4 is 4.90 Å². The zero-order valence-electron chi connectivity index (χ0n) is 11.9. The molecule has 0 amide bonds. The van der Waals surface area contributed by atoms with Gasteiger partial charge in [0.15, 0.2) is 0 Å². The lowest BCUT2D eigenvalue weighted by Gasteiger charge is -2.18. The smallest absolute Gasteiger partial charge is 0.129 e. The molecule has 4 heteroatoms. The summed E-state index contributed by atoms with van der Waals surface area (Å²) in [5.41, 5.74) is 3.92. The second-order valence-corrected chi connectivity index (χ2v) is 5.78. The van der Waals surface area contributed by atoms with Gasteiger partial charge in [0, 0.05) is 19.3 Å². The monoisotopic (exact) mass is 287 g/mol. The van der Waals surface area contributed by atoms with Crippen LogP contribution >= 0.6 is 11.6 Å². The Kier molecular flexibility index (Phi) is 3.62. The molecule has 3 rings (SSSR count). The Bertz CT molecular complexity index is 634. The van der Waals surface area contributed by atoms with Gasteiger partial charge < -0.3 is 4.90 Å². The molecule has 0 radical (unpaired) electrons. The van der Waals surface area contributed by atoms with Crippen molar-refractivity contribution in [3.8, 4) is 11.4 Å². The Morgan fingerprint density at radius 2 is 1.85 bits per heavy atom. The number of aryl methyl sites for hydroxylation is 2. The van der Waals surface area contributed by atoms with E-state index in [0.29, 0.717) is 5.02 Å². The van der Waals surface area contributed by atoms with Crippen molar-refractivity contribution in [2.45, 2.75) is 26.7 Å². The molecule has 0 N–H and O–H groups in total. The fourth-order valence-corrected chi connectivity index (χ4v) is 2.88. The van der Waals surface area contributed by atoms with Crippen molar-refractivity contribution in [1.29, 1.82) is 0 Å². The largest absolute Gasteiger partial charge is 0.357 e. The van der Waals surface area contributed by atoms with Crippen molar-refractivity contribution in [1.82, 2.24) is 9.97 Å². The molecular formula is C16H18ClN3. The van der Waals surface area contributed by atoms with Crippen LogP contribution in [0.4, 0.5) is 5.82 Å². The summed E-state index contributed by atoms with van der Waals surface area (Å²) in [6.45, 7) is 6.25. The van der Waals surface area contributed by atoms with Gasteiger partial charge in [0.25, 0.3) is 0 Å².